The Kier molecular flexibility index (Phi) is 6.31. The van der Waals surface area contributed by atoms with Crippen molar-refractivity contribution < 1.29 is 23.9 Å². The van der Waals surface area contributed by atoms with Gasteiger partial charge in [0.25, 0.3) is 11.8 Å². The first-order valence-electron chi connectivity index (χ1n) is 10.4. The van der Waals surface area contributed by atoms with Gasteiger partial charge < -0.3 is 25.0 Å². The van der Waals surface area contributed by atoms with Gasteiger partial charge in [0.05, 0.1) is 30.3 Å². The van der Waals surface area contributed by atoms with E-state index in [2.05, 4.69) is 20.6 Å². The molecule has 10 heteroatoms. The zero-order valence-electron chi connectivity index (χ0n) is 17.9. The van der Waals surface area contributed by atoms with Crippen LogP contribution < -0.4 is 15.4 Å². The molecule has 0 saturated carbocycles. The van der Waals surface area contributed by atoms with Crippen LogP contribution in [0.2, 0.25) is 0 Å². The van der Waals surface area contributed by atoms with Gasteiger partial charge in [0, 0.05) is 32.2 Å². The van der Waals surface area contributed by atoms with Gasteiger partial charge in [-0.2, -0.15) is 0 Å². The minimum absolute atomic E-state index is 0.0777. The van der Waals surface area contributed by atoms with E-state index in [9.17, 15) is 14.4 Å². The van der Waals surface area contributed by atoms with Crippen molar-refractivity contribution in [2.24, 2.45) is 0 Å². The fourth-order valence-corrected chi connectivity index (χ4v) is 4.03. The van der Waals surface area contributed by atoms with Crippen molar-refractivity contribution in [2.45, 2.75) is 37.5 Å². The number of hydrogen-bond acceptors (Lipinski definition) is 7. The number of likely N-dealkylation sites (N-methyl/N-ethyl adjacent to an activating group) is 1. The molecule has 10 nitrogen and oxygen atoms in total. The minimum Gasteiger partial charge on any atom is -0.490 e. The molecule has 32 heavy (non-hydrogen) atoms. The van der Waals surface area contributed by atoms with E-state index in [0.29, 0.717) is 29.8 Å². The molecule has 1 aromatic carbocycles. The third-order valence-corrected chi connectivity index (χ3v) is 5.76. The Balaban J connectivity index is 1.52. The molecule has 1 fully saturated rings. The predicted octanol–water partition coefficient (Wildman–Crippen LogP) is 1.25. The van der Waals surface area contributed by atoms with E-state index < -0.39 is 5.91 Å². The summed E-state index contributed by atoms with van der Waals surface area (Å²) in [5.41, 5.74) is 0.982. The van der Waals surface area contributed by atoms with Crippen molar-refractivity contribution in [1.29, 1.82) is 0 Å². The highest BCUT2D eigenvalue weighted by Gasteiger charge is 2.39. The monoisotopic (exact) mass is 439 g/mol. The zero-order chi connectivity index (χ0) is 22.7. The molecule has 3 heterocycles. The Morgan fingerprint density at radius 1 is 1.25 bits per heavy atom. The second-order valence-electron chi connectivity index (χ2n) is 7.80. The van der Waals surface area contributed by atoms with E-state index in [0.717, 1.165) is 0 Å². The average molecular weight is 439 g/mol. The van der Waals surface area contributed by atoms with Crippen LogP contribution in [0.1, 0.15) is 40.1 Å². The lowest BCUT2D eigenvalue weighted by Gasteiger charge is -2.42. The molecule has 3 amide bonds. The summed E-state index contributed by atoms with van der Waals surface area (Å²) in [5.74, 6) is -0.312. The van der Waals surface area contributed by atoms with E-state index in [4.69, 9.17) is 9.47 Å². The van der Waals surface area contributed by atoms with Crippen LogP contribution in [0.15, 0.2) is 36.8 Å². The maximum atomic E-state index is 13.2. The number of anilines is 1. The molecule has 0 aliphatic carbocycles. The molecule has 4 rings (SSSR count). The van der Waals surface area contributed by atoms with E-state index in [-0.39, 0.29) is 48.8 Å². The first-order valence-corrected chi connectivity index (χ1v) is 10.4. The lowest BCUT2D eigenvalue weighted by Crippen LogP contribution is -2.53. The highest BCUT2D eigenvalue weighted by atomic mass is 16.5. The van der Waals surface area contributed by atoms with Crippen molar-refractivity contribution in [1.82, 2.24) is 20.2 Å². The molecule has 1 aromatic heterocycles. The van der Waals surface area contributed by atoms with Crippen LogP contribution in [0, 0.1) is 0 Å². The van der Waals surface area contributed by atoms with Gasteiger partial charge >= 0.3 is 0 Å². The molecular formula is C22H25N5O5. The number of aromatic nitrogens is 2. The summed E-state index contributed by atoms with van der Waals surface area (Å²) in [4.78, 5) is 46.9. The number of amides is 3. The molecule has 0 radical (unpaired) electrons. The number of carbonyl (C=O) groups is 3. The molecule has 168 valence electrons. The summed E-state index contributed by atoms with van der Waals surface area (Å²) in [6.45, 7) is 0.255. The fraction of sp³-hybridized carbons (Fsp3) is 0.409. The Labute approximate surface area is 185 Å². The Morgan fingerprint density at radius 2 is 2.09 bits per heavy atom. The summed E-state index contributed by atoms with van der Waals surface area (Å²) in [7, 11) is 3.34. The van der Waals surface area contributed by atoms with Crippen LogP contribution >= 0.6 is 0 Å². The number of rotatable bonds is 4. The van der Waals surface area contributed by atoms with Gasteiger partial charge in [-0.05, 0) is 31.0 Å². The summed E-state index contributed by atoms with van der Waals surface area (Å²) in [6.07, 6.45) is 5.40. The molecule has 2 aromatic rings. The summed E-state index contributed by atoms with van der Waals surface area (Å²) in [6, 6.07) is 4.74. The maximum Gasteiger partial charge on any atom is 0.275 e. The molecule has 0 spiro atoms. The Bertz CT molecular complexity index is 1020. The van der Waals surface area contributed by atoms with Crippen LogP contribution in [0.5, 0.6) is 5.75 Å². The number of carbonyl (C=O) groups excluding carboxylic acids is 3. The lowest BCUT2D eigenvalue weighted by atomic mass is 9.94. The highest BCUT2D eigenvalue weighted by molar-refractivity contribution is 6.04. The molecule has 2 aliphatic rings. The number of benzene rings is 1. The smallest absolute Gasteiger partial charge is 0.275 e. The number of fused-ring (bicyclic) bond motifs is 2. The number of nitrogens with zero attached hydrogens (tertiary/aromatic N) is 3. The molecule has 3 atom stereocenters. The van der Waals surface area contributed by atoms with Gasteiger partial charge in [-0.3, -0.25) is 19.4 Å². The topological polar surface area (TPSA) is 123 Å². The Hall–Kier alpha value is -3.53. The van der Waals surface area contributed by atoms with Crippen LogP contribution in [-0.2, 0) is 9.53 Å². The molecular weight excluding hydrogens is 414 g/mol. The van der Waals surface area contributed by atoms with Gasteiger partial charge in [0.2, 0.25) is 5.91 Å². The standard InChI is InChI=1S/C22H25N5O5/c1-23-20(28)10-14-4-5-17-19(32-14)12-31-18-6-3-13(9-15(18)22(30)27(17)2)26-21(29)16-11-24-7-8-25-16/h3,6-9,11,14,17,19H,4-5,10,12H2,1-2H3,(H,23,28)(H,26,29)/t14-,17-,19+/m1/s1. The highest BCUT2D eigenvalue weighted by Crippen LogP contribution is 2.32. The van der Waals surface area contributed by atoms with Crippen molar-refractivity contribution in [2.75, 3.05) is 26.0 Å². The fourth-order valence-electron chi connectivity index (χ4n) is 4.03. The largest absolute Gasteiger partial charge is 0.490 e. The minimum atomic E-state index is -0.423. The van der Waals surface area contributed by atoms with Crippen LogP contribution in [-0.4, -0.2) is 71.5 Å². The quantitative estimate of drug-likeness (QED) is 0.735. The number of ether oxygens (including phenoxy) is 2. The van der Waals surface area contributed by atoms with E-state index >= 15 is 0 Å². The predicted molar refractivity (Wildman–Crippen MR) is 114 cm³/mol. The molecule has 2 aliphatic heterocycles. The third kappa shape index (κ3) is 4.54. The second kappa shape index (κ2) is 9.31. The van der Waals surface area contributed by atoms with Gasteiger partial charge in [0.1, 0.15) is 24.2 Å². The van der Waals surface area contributed by atoms with Gasteiger partial charge in [-0.15, -0.1) is 0 Å². The number of nitrogens with one attached hydrogen (secondary N) is 2. The van der Waals surface area contributed by atoms with Gasteiger partial charge in [-0.1, -0.05) is 0 Å². The van der Waals surface area contributed by atoms with Crippen molar-refractivity contribution in [3.8, 4) is 5.75 Å². The molecule has 0 unspecified atom stereocenters. The van der Waals surface area contributed by atoms with Crippen molar-refractivity contribution >= 4 is 23.4 Å². The molecule has 0 bridgehead atoms. The van der Waals surface area contributed by atoms with Crippen molar-refractivity contribution in [3.05, 3.63) is 48.0 Å². The third-order valence-electron chi connectivity index (χ3n) is 5.76. The normalized spacial score (nSPS) is 22.5. The Morgan fingerprint density at radius 3 is 2.84 bits per heavy atom. The van der Waals surface area contributed by atoms with Gasteiger partial charge in [-0.25, -0.2) is 4.98 Å². The summed E-state index contributed by atoms with van der Waals surface area (Å²) in [5, 5.41) is 5.35. The van der Waals surface area contributed by atoms with E-state index in [1.54, 1.807) is 37.2 Å². The van der Waals surface area contributed by atoms with Crippen LogP contribution in [0.3, 0.4) is 0 Å². The first-order chi connectivity index (χ1) is 15.5. The average Bonchev–Trinajstić information content (AvgIpc) is 2.82. The van der Waals surface area contributed by atoms with Crippen LogP contribution in [0.25, 0.3) is 0 Å². The van der Waals surface area contributed by atoms with E-state index in [1.807, 2.05) is 0 Å². The van der Waals surface area contributed by atoms with Crippen molar-refractivity contribution in [3.63, 3.8) is 0 Å². The van der Waals surface area contributed by atoms with Crippen LogP contribution in [0.4, 0.5) is 5.69 Å². The maximum absolute atomic E-state index is 13.2. The van der Waals surface area contributed by atoms with Gasteiger partial charge in [0.15, 0.2) is 0 Å². The molecule has 2 N–H and O–H groups in total. The second-order valence-corrected chi connectivity index (χ2v) is 7.80. The van der Waals surface area contributed by atoms with E-state index in [1.165, 1.54) is 18.6 Å². The number of hydrogen-bond donors (Lipinski definition) is 2. The summed E-state index contributed by atoms with van der Waals surface area (Å²) < 4.78 is 12.0. The zero-order valence-corrected chi connectivity index (χ0v) is 17.9. The molecule has 1 saturated heterocycles. The lowest BCUT2D eigenvalue weighted by molar-refractivity contribution is -0.133. The SMILES string of the molecule is CNC(=O)C[C@H]1CC[C@@H]2[C@H](COc3ccc(NC(=O)c4cnccn4)cc3C(=O)N2C)O1. The summed E-state index contributed by atoms with van der Waals surface area (Å²) >= 11 is 0. The first kappa shape index (κ1) is 21.7.